The Labute approximate surface area is 73.4 Å². The fourth-order valence-corrected chi connectivity index (χ4v) is 0.552. The van der Waals surface area contributed by atoms with Gasteiger partial charge in [0.25, 0.3) is 5.95 Å². The quantitative estimate of drug-likeness (QED) is 0.223. The molecule has 0 bridgehead atoms. The van der Waals surface area contributed by atoms with E-state index in [-0.39, 0.29) is 12.5 Å². The Morgan fingerprint density at radius 1 is 1.85 bits per heavy atom. The van der Waals surface area contributed by atoms with Gasteiger partial charge in [-0.15, -0.1) is 11.5 Å². The molecule has 8 heteroatoms. The van der Waals surface area contributed by atoms with Gasteiger partial charge >= 0.3 is 6.03 Å². The second-order valence-electron chi connectivity index (χ2n) is 2.00. The van der Waals surface area contributed by atoms with Crippen LogP contribution in [0.2, 0.25) is 0 Å². The van der Waals surface area contributed by atoms with Crippen molar-refractivity contribution in [3.63, 3.8) is 0 Å². The van der Waals surface area contributed by atoms with E-state index in [2.05, 4.69) is 31.9 Å². The molecule has 68 valence electrons. The van der Waals surface area contributed by atoms with E-state index >= 15 is 0 Å². The number of hydrogen-bond donors (Lipinski definition) is 3. The van der Waals surface area contributed by atoms with Crippen LogP contribution in [0.15, 0.2) is 0 Å². The normalized spacial score (nSPS) is 8.92. The summed E-state index contributed by atoms with van der Waals surface area (Å²) >= 11 is 0. The molecule has 0 radical (unpaired) electrons. The van der Waals surface area contributed by atoms with Gasteiger partial charge in [-0.1, -0.05) is 11.0 Å². The lowest BCUT2D eigenvalue weighted by molar-refractivity contribution is 0.219. The molecule has 0 aromatic carbocycles. The number of hydrazine groups is 1. The molecule has 0 aliphatic rings. The molecule has 0 fully saturated rings. The van der Waals surface area contributed by atoms with Gasteiger partial charge < -0.3 is 0 Å². The summed E-state index contributed by atoms with van der Waals surface area (Å²) in [6.07, 6.45) is 4.94. The Balaban J connectivity index is 2.47. The number of urea groups is 1. The zero-order valence-electron chi connectivity index (χ0n) is 6.56. The van der Waals surface area contributed by atoms with Crippen molar-refractivity contribution >= 4 is 12.0 Å². The molecule has 0 saturated carbocycles. The second kappa shape index (κ2) is 4.03. The van der Waals surface area contributed by atoms with Crippen molar-refractivity contribution < 1.29 is 4.79 Å². The molecule has 13 heavy (non-hydrogen) atoms. The predicted octanol–water partition coefficient (Wildman–Crippen LogP) is -1.46. The third-order valence-corrected chi connectivity index (χ3v) is 1.09. The molecular weight excluding hydrogens is 174 g/mol. The Morgan fingerprint density at radius 2 is 2.62 bits per heavy atom. The third-order valence-electron chi connectivity index (χ3n) is 1.09. The van der Waals surface area contributed by atoms with Crippen LogP contribution >= 0.6 is 0 Å². The monoisotopic (exact) mass is 181 g/mol. The lowest BCUT2D eigenvalue weighted by Crippen LogP contribution is -2.41. The summed E-state index contributed by atoms with van der Waals surface area (Å²) in [4.78, 5) is 11.1. The first-order chi connectivity index (χ1) is 6.24. The van der Waals surface area contributed by atoms with Crippen LogP contribution in [0, 0.1) is 12.3 Å². The lowest BCUT2D eigenvalue weighted by atomic mass is 10.6. The number of rotatable bonds is 2. The zero-order valence-corrected chi connectivity index (χ0v) is 6.56. The van der Waals surface area contributed by atoms with Gasteiger partial charge in [0.2, 0.25) is 0 Å². The van der Waals surface area contributed by atoms with E-state index in [0.29, 0.717) is 0 Å². The van der Waals surface area contributed by atoms with Gasteiger partial charge in [0.1, 0.15) is 0 Å². The molecule has 0 spiro atoms. The number of tetrazole rings is 1. The van der Waals surface area contributed by atoms with Gasteiger partial charge in [-0.25, -0.2) is 15.6 Å². The van der Waals surface area contributed by atoms with Crippen molar-refractivity contribution in [2.75, 3.05) is 11.9 Å². The fourth-order valence-electron chi connectivity index (χ4n) is 0.552. The van der Waals surface area contributed by atoms with Crippen LogP contribution in [-0.4, -0.2) is 38.2 Å². The van der Waals surface area contributed by atoms with E-state index in [1.54, 1.807) is 0 Å². The summed E-state index contributed by atoms with van der Waals surface area (Å²) in [5.41, 5.74) is 0. The Morgan fingerprint density at radius 3 is 3.15 bits per heavy atom. The molecule has 1 rings (SSSR count). The number of nitrogens with two attached hydrogens (primary N) is 1. The van der Waals surface area contributed by atoms with E-state index < -0.39 is 6.03 Å². The largest absolute Gasteiger partial charge is 0.339 e. The maximum Gasteiger partial charge on any atom is 0.339 e. The number of carbonyl (C=O) groups is 1. The van der Waals surface area contributed by atoms with Gasteiger partial charge in [0.05, 0.1) is 6.54 Å². The number of nitrogens with zero attached hydrogens (tertiary/aromatic N) is 4. The molecule has 0 unspecified atom stereocenters. The highest BCUT2D eigenvalue weighted by molar-refractivity contribution is 5.86. The van der Waals surface area contributed by atoms with Crippen LogP contribution in [0.3, 0.4) is 0 Å². The number of terminal acetylenes is 1. The first-order valence-corrected chi connectivity index (χ1v) is 3.24. The first-order valence-electron chi connectivity index (χ1n) is 3.24. The number of nitrogens with one attached hydrogen (secondary N) is 2. The van der Waals surface area contributed by atoms with E-state index in [1.807, 2.05) is 0 Å². The van der Waals surface area contributed by atoms with Crippen LogP contribution in [-0.2, 0) is 0 Å². The highest BCUT2D eigenvalue weighted by Crippen LogP contribution is 1.91. The van der Waals surface area contributed by atoms with E-state index in [0.717, 1.165) is 5.01 Å². The zero-order chi connectivity index (χ0) is 9.68. The summed E-state index contributed by atoms with van der Waals surface area (Å²) in [5.74, 6) is 7.48. The topological polar surface area (TPSA) is 113 Å². The van der Waals surface area contributed by atoms with Crippen molar-refractivity contribution in [3.05, 3.63) is 0 Å². The van der Waals surface area contributed by atoms with E-state index in [1.165, 1.54) is 0 Å². The minimum atomic E-state index is -0.598. The van der Waals surface area contributed by atoms with Gasteiger partial charge in [0, 0.05) is 0 Å². The summed E-state index contributed by atoms with van der Waals surface area (Å²) in [7, 11) is 0. The molecule has 1 aromatic rings. The highest BCUT2D eigenvalue weighted by Gasteiger charge is 2.09. The summed E-state index contributed by atoms with van der Waals surface area (Å²) in [6, 6.07) is -0.598. The molecule has 1 aromatic heterocycles. The van der Waals surface area contributed by atoms with Crippen LogP contribution < -0.4 is 11.2 Å². The number of carbonyl (C=O) groups excluding carboxylic acids is 1. The standard InChI is InChI=1S/C5H7N7O/c1-2-3-12(6)5(13)7-4-8-10-11-9-4/h1H,3,6H2,(H2,7,8,9,10,11,13). The van der Waals surface area contributed by atoms with Crippen LogP contribution in [0.5, 0.6) is 0 Å². The smallest absolute Gasteiger partial charge is 0.272 e. The molecule has 2 amide bonds. The van der Waals surface area contributed by atoms with Crippen LogP contribution in [0.1, 0.15) is 0 Å². The number of hydrogen-bond acceptors (Lipinski definition) is 5. The minimum absolute atomic E-state index is 0.00366. The number of anilines is 1. The predicted molar refractivity (Wildman–Crippen MR) is 42.9 cm³/mol. The number of H-pyrrole nitrogens is 1. The van der Waals surface area contributed by atoms with E-state index in [4.69, 9.17) is 12.3 Å². The Kier molecular flexibility index (Phi) is 2.77. The number of amides is 2. The average Bonchev–Trinajstić information content (AvgIpc) is 2.57. The van der Waals surface area contributed by atoms with Crippen molar-refractivity contribution in [2.45, 2.75) is 0 Å². The second-order valence-corrected chi connectivity index (χ2v) is 2.00. The summed E-state index contributed by atoms with van der Waals surface area (Å²) < 4.78 is 0. The SMILES string of the molecule is C#CCN(N)C(=O)Nc1nn[nH]n1. The summed E-state index contributed by atoms with van der Waals surface area (Å²) in [5, 5.41) is 15.4. The average molecular weight is 181 g/mol. The molecule has 8 nitrogen and oxygen atoms in total. The van der Waals surface area contributed by atoms with Gasteiger partial charge in [-0.2, -0.15) is 5.21 Å². The van der Waals surface area contributed by atoms with Gasteiger partial charge in [-0.3, -0.25) is 5.32 Å². The van der Waals surface area contributed by atoms with Crippen molar-refractivity contribution in [1.29, 1.82) is 0 Å². The molecule has 0 aliphatic heterocycles. The van der Waals surface area contributed by atoms with Crippen molar-refractivity contribution in [1.82, 2.24) is 25.6 Å². The molecule has 4 N–H and O–H groups in total. The van der Waals surface area contributed by atoms with Crippen molar-refractivity contribution in [2.24, 2.45) is 5.84 Å². The first kappa shape index (κ1) is 8.95. The molecule has 0 saturated heterocycles. The number of aromatic nitrogens is 4. The van der Waals surface area contributed by atoms with Gasteiger partial charge in [-0.05, 0) is 5.21 Å². The highest BCUT2D eigenvalue weighted by atomic mass is 16.2. The van der Waals surface area contributed by atoms with E-state index in [9.17, 15) is 4.79 Å². The maximum absolute atomic E-state index is 11.1. The third kappa shape index (κ3) is 2.42. The fraction of sp³-hybridized carbons (Fsp3) is 0.200. The Hall–Kier alpha value is -2.14. The maximum atomic E-state index is 11.1. The number of aromatic amines is 1. The lowest BCUT2D eigenvalue weighted by Gasteiger charge is -2.11. The van der Waals surface area contributed by atoms with Crippen LogP contribution in [0.4, 0.5) is 10.7 Å². The molecule has 1 heterocycles. The molecular formula is C5H7N7O. The summed E-state index contributed by atoms with van der Waals surface area (Å²) in [6.45, 7) is 0.00366. The molecule has 0 aliphatic carbocycles. The molecule has 0 atom stereocenters. The van der Waals surface area contributed by atoms with Crippen molar-refractivity contribution in [3.8, 4) is 12.3 Å². The minimum Gasteiger partial charge on any atom is -0.272 e. The van der Waals surface area contributed by atoms with Gasteiger partial charge in [0.15, 0.2) is 0 Å². The van der Waals surface area contributed by atoms with Crippen LogP contribution in [0.25, 0.3) is 0 Å². The Bertz CT molecular complexity index is 312.